The second kappa shape index (κ2) is 6.51. The summed E-state index contributed by atoms with van der Waals surface area (Å²) >= 11 is 4.03. The van der Waals surface area contributed by atoms with Gasteiger partial charge in [0.1, 0.15) is 0 Å². The maximum atomic E-state index is 4.99. The molecule has 4 heteroatoms. The quantitative estimate of drug-likeness (QED) is 0.833. The Morgan fingerprint density at radius 3 is 2.35 bits per heavy atom. The van der Waals surface area contributed by atoms with E-state index in [1.54, 1.807) is 0 Å². The van der Waals surface area contributed by atoms with Crippen molar-refractivity contribution in [3.8, 4) is 0 Å². The minimum atomic E-state index is 0.404. The molecule has 1 spiro atoms. The molecule has 0 aromatic carbocycles. The topological polar surface area (TPSA) is 24.4 Å². The Balaban J connectivity index is 1.59. The van der Waals surface area contributed by atoms with Gasteiger partial charge in [-0.15, -0.1) is 0 Å². The van der Waals surface area contributed by atoms with Crippen LogP contribution in [0.5, 0.6) is 0 Å². The fourth-order valence-corrected chi connectivity index (χ4v) is 6.04. The SMILES string of the molecule is CSC1(CN=C2NC3(CCCCC3)CS2)CCCCC1. The van der Waals surface area contributed by atoms with E-state index in [1.165, 1.54) is 75.1 Å². The molecule has 114 valence electrons. The number of nitrogens with one attached hydrogen (secondary N) is 1. The van der Waals surface area contributed by atoms with E-state index in [0.717, 1.165) is 6.54 Å². The summed E-state index contributed by atoms with van der Waals surface area (Å²) in [4.78, 5) is 4.99. The van der Waals surface area contributed by atoms with Crippen LogP contribution >= 0.6 is 23.5 Å². The van der Waals surface area contributed by atoms with Crippen molar-refractivity contribution in [1.29, 1.82) is 0 Å². The molecule has 0 radical (unpaired) electrons. The van der Waals surface area contributed by atoms with Crippen molar-refractivity contribution in [1.82, 2.24) is 5.32 Å². The van der Waals surface area contributed by atoms with E-state index in [2.05, 4.69) is 23.3 Å². The molecular formula is C16H28N2S2. The van der Waals surface area contributed by atoms with Gasteiger partial charge in [0.05, 0.1) is 6.54 Å². The maximum absolute atomic E-state index is 4.99. The molecule has 0 aromatic heterocycles. The lowest BCUT2D eigenvalue weighted by Crippen LogP contribution is -2.45. The fourth-order valence-electron chi connectivity index (χ4n) is 3.93. The predicted octanol–water partition coefficient (Wildman–Crippen LogP) is 4.45. The molecule has 0 amide bonds. The van der Waals surface area contributed by atoms with Crippen LogP contribution in [0.4, 0.5) is 0 Å². The molecule has 1 saturated heterocycles. The minimum Gasteiger partial charge on any atom is -0.359 e. The summed E-state index contributed by atoms with van der Waals surface area (Å²) < 4.78 is 0.440. The van der Waals surface area contributed by atoms with Crippen molar-refractivity contribution in [2.45, 2.75) is 74.5 Å². The van der Waals surface area contributed by atoms with Gasteiger partial charge < -0.3 is 5.32 Å². The van der Waals surface area contributed by atoms with E-state index in [1.807, 2.05) is 11.8 Å². The molecule has 2 saturated carbocycles. The number of hydrogen-bond donors (Lipinski definition) is 1. The highest BCUT2D eigenvalue weighted by Crippen LogP contribution is 2.40. The van der Waals surface area contributed by atoms with E-state index in [-0.39, 0.29) is 0 Å². The molecule has 0 atom stereocenters. The third kappa shape index (κ3) is 3.32. The van der Waals surface area contributed by atoms with Gasteiger partial charge in [-0.2, -0.15) is 11.8 Å². The van der Waals surface area contributed by atoms with Crippen LogP contribution in [0, 0.1) is 0 Å². The first-order chi connectivity index (χ1) is 9.76. The summed E-state index contributed by atoms with van der Waals surface area (Å²) in [6, 6.07) is 0. The van der Waals surface area contributed by atoms with Gasteiger partial charge in [0.25, 0.3) is 0 Å². The predicted molar refractivity (Wildman–Crippen MR) is 93.0 cm³/mol. The van der Waals surface area contributed by atoms with E-state index in [0.29, 0.717) is 10.3 Å². The Morgan fingerprint density at radius 2 is 1.70 bits per heavy atom. The highest BCUT2D eigenvalue weighted by atomic mass is 32.2. The summed E-state index contributed by atoms with van der Waals surface area (Å²) in [5, 5.41) is 5.03. The zero-order valence-corrected chi connectivity index (χ0v) is 14.4. The lowest BCUT2D eigenvalue weighted by Gasteiger charge is -2.35. The number of aliphatic imine (C=N–C) groups is 1. The summed E-state index contributed by atoms with van der Waals surface area (Å²) in [6.07, 6.45) is 16.2. The van der Waals surface area contributed by atoms with Gasteiger partial charge in [-0.3, -0.25) is 4.99 Å². The fraction of sp³-hybridized carbons (Fsp3) is 0.938. The number of amidine groups is 1. The molecule has 2 nitrogen and oxygen atoms in total. The highest BCUT2D eigenvalue weighted by Gasteiger charge is 2.38. The monoisotopic (exact) mass is 312 g/mol. The van der Waals surface area contributed by atoms with Crippen molar-refractivity contribution in [3.05, 3.63) is 0 Å². The zero-order valence-electron chi connectivity index (χ0n) is 12.7. The van der Waals surface area contributed by atoms with Gasteiger partial charge in [0, 0.05) is 16.0 Å². The van der Waals surface area contributed by atoms with E-state index in [4.69, 9.17) is 4.99 Å². The van der Waals surface area contributed by atoms with E-state index >= 15 is 0 Å². The molecule has 1 N–H and O–H groups in total. The van der Waals surface area contributed by atoms with Crippen molar-refractivity contribution in [3.63, 3.8) is 0 Å². The number of hydrogen-bond acceptors (Lipinski definition) is 3. The van der Waals surface area contributed by atoms with Crippen molar-refractivity contribution < 1.29 is 0 Å². The van der Waals surface area contributed by atoms with Crippen molar-refractivity contribution in [2.75, 3.05) is 18.6 Å². The molecular weight excluding hydrogens is 284 g/mol. The molecule has 0 aromatic rings. The van der Waals surface area contributed by atoms with E-state index < -0.39 is 0 Å². The first kappa shape index (κ1) is 15.1. The number of rotatable bonds is 3. The van der Waals surface area contributed by atoms with Crippen LogP contribution in [0.3, 0.4) is 0 Å². The first-order valence-corrected chi connectivity index (χ1v) is 10.5. The second-order valence-corrected chi connectivity index (χ2v) is 9.06. The summed E-state index contributed by atoms with van der Waals surface area (Å²) in [7, 11) is 0. The average molecular weight is 313 g/mol. The van der Waals surface area contributed by atoms with Crippen molar-refractivity contribution >= 4 is 28.7 Å². The third-order valence-corrected chi connectivity index (χ3v) is 7.98. The highest BCUT2D eigenvalue weighted by molar-refractivity contribution is 8.14. The van der Waals surface area contributed by atoms with E-state index in [9.17, 15) is 0 Å². The number of nitrogens with zero attached hydrogens (tertiary/aromatic N) is 1. The maximum Gasteiger partial charge on any atom is 0.157 e. The van der Waals surface area contributed by atoms with Gasteiger partial charge in [0.15, 0.2) is 5.17 Å². The van der Waals surface area contributed by atoms with Crippen LogP contribution in [0.25, 0.3) is 0 Å². The second-order valence-electron chi connectivity index (χ2n) is 6.82. The van der Waals surface area contributed by atoms with Crippen LogP contribution in [0.2, 0.25) is 0 Å². The molecule has 0 bridgehead atoms. The molecule has 2 aliphatic carbocycles. The molecule has 3 rings (SSSR count). The molecule has 3 fully saturated rings. The lowest BCUT2D eigenvalue weighted by molar-refractivity contribution is 0.303. The molecule has 3 aliphatic rings. The Hall–Kier alpha value is 0.170. The Labute approximate surface area is 132 Å². The molecule has 0 unspecified atom stereocenters. The number of thioether (sulfide) groups is 2. The van der Waals surface area contributed by atoms with Gasteiger partial charge in [0.2, 0.25) is 0 Å². The minimum absolute atomic E-state index is 0.404. The Kier molecular flexibility index (Phi) is 4.91. The lowest BCUT2D eigenvalue weighted by atomic mass is 9.83. The van der Waals surface area contributed by atoms with Crippen LogP contribution < -0.4 is 5.32 Å². The third-order valence-electron chi connectivity index (χ3n) is 5.38. The van der Waals surface area contributed by atoms with Crippen LogP contribution in [-0.4, -0.2) is 34.0 Å². The molecule has 20 heavy (non-hydrogen) atoms. The van der Waals surface area contributed by atoms with Gasteiger partial charge in [-0.25, -0.2) is 0 Å². The Bertz CT molecular complexity index is 355. The van der Waals surface area contributed by atoms with Gasteiger partial charge >= 0.3 is 0 Å². The van der Waals surface area contributed by atoms with Crippen LogP contribution in [0.15, 0.2) is 4.99 Å². The van der Waals surface area contributed by atoms with Crippen LogP contribution in [-0.2, 0) is 0 Å². The summed E-state index contributed by atoms with van der Waals surface area (Å²) in [6.45, 7) is 1.03. The largest absolute Gasteiger partial charge is 0.359 e. The smallest absolute Gasteiger partial charge is 0.157 e. The van der Waals surface area contributed by atoms with Gasteiger partial charge in [-0.05, 0) is 31.9 Å². The van der Waals surface area contributed by atoms with Crippen molar-refractivity contribution in [2.24, 2.45) is 4.99 Å². The van der Waals surface area contributed by atoms with Crippen LogP contribution in [0.1, 0.15) is 64.2 Å². The standard InChI is InChI=1S/C16H28N2S2/c1-19-16(10-6-3-7-11-16)12-17-14-18-15(13-20-14)8-4-2-5-9-15/h2-13H2,1H3,(H,17,18). The normalized spacial score (nSPS) is 30.6. The first-order valence-electron chi connectivity index (χ1n) is 8.27. The average Bonchev–Trinajstić information content (AvgIpc) is 2.90. The Morgan fingerprint density at radius 1 is 1.05 bits per heavy atom. The molecule has 1 aliphatic heterocycles. The van der Waals surface area contributed by atoms with Gasteiger partial charge in [-0.1, -0.05) is 50.3 Å². The summed E-state index contributed by atoms with van der Waals surface area (Å²) in [5.41, 5.74) is 0.404. The zero-order chi connectivity index (χ0) is 13.9. The molecule has 1 heterocycles. The summed E-state index contributed by atoms with van der Waals surface area (Å²) in [5.74, 6) is 1.25.